The predicted molar refractivity (Wildman–Crippen MR) is 58.2 cm³/mol. The van der Waals surface area contributed by atoms with Crippen molar-refractivity contribution in [2.24, 2.45) is 0 Å². The van der Waals surface area contributed by atoms with Crippen LogP contribution in [0.25, 0.3) is 0 Å². The summed E-state index contributed by atoms with van der Waals surface area (Å²) in [5.41, 5.74) is 0.855. The summed E-state index contributed by atoms with van der Waals surface area (Å²) in [5, 5.41) is 0.647. The maximum atomic E-state index is 5.91. The molecule has 2 rings (SSSR count). The van der Waals surface area contributed by atoms with Gasteiger partial charge in [-0.3, -0.25) is 0 Å². The summed E-state index contributed by atoms with van der Waals surface area (Å²) >= 11 is 5.91. The highest BCUT2D eigenvalue weighted by atomic mass is 35.5. The first kappa shape index (κ1) is 10.7. The van der Waals surface area contributed by atoms with Crippen molar-refractivity contribution < 1.29 is 9.47 Å². The van der Waals surface area contributed by atoms with Crippen molar-refractivity contribution >= 4 is 11.6 Å². The van der Waals surface area contributed by atoms with E-state index in [-0.39, 0.29) is 6.29 Å². The average Bonchev–Trinajstić information content (AvgIpc) is 2.17. The Labute approximate surface area is 94.4 Å². The summed E-state index contributed by atoms with van der Waals surface area (Å²) < 4.78 is 11.1. The lowest BCUT2D eigenvalue weighted by Gasteiger charge is -2.22. The Kier molecular flexibility index (Phi) is 3.44. The molecule has 4 heteroatoms. The third kappa shape index (κ3) is 3.08. The zero-order chi connectivity index (χ0) is 10.7. The summed E-state index contributed by atoms with van der Waals surface area (Å²) in [7, 11) is 0. The summed E-state index contributed by atoms with van der Waals surface area (Å²) in [6.07, 6.45) is 3.02. The van der Waals surface area contributed by atoms with Crippen LogP contribution in [0.4, 0.5) is 0 Å². The van der Waals surface area contributed by atoms with E-state index >= 15 is 0 Å². The molecule has 0 bridgehead atoms. The SMILES string of the molecule is Cc1cc(Cl)cc(O[C@@H]2CCCCO2)n1. The minimum Gasteiger partial charge on any atom is -0.448 e. The Balaban J connectivity index is 2.02. The highest BCUT2D eigenvalue weighted by Crippen LogP contribution is 2.21. The molecule has 1 atom stereocenters. The first-order chi connectivity index (χ1) is 7.24. The van der Waals surface area contributed by atoms with Crippen molar-refractivity contribution in [1.82, 2.24) is 4.98 Å². The molecule has 1 aliphatic rings. The Morgan fingerprint density at radius 1 is 1.47 bits per heavy atom. The fourth-order valence-corrected chi connectivity index (χ4v) is 1.85. The Bertz CT molecular complexity index is 317. The fourth-order valence-electron chi connectivity index (χ4n) is 1.60. The molecular formula is C11H14ClNO2. The quantitative estimate of drug-likeness (QED) is 0.779. The third-order valence-corrected chi connectivity index (χ3v) is 2.50. The van der Waals surface area contributed by atoms with E-state index in [2.05, 4.69) is 4.98 Å². The van der Waals surface area contributed by atoms with Gasteiger partial charge in [0.15, 0.2) is 0 Å². The maximum Gasteiger partial charge on any atom is 0.217 e. The van der Waals surface area contributed by atoms with Crippen LogP contribution in [-0.4, -0.2) is 17.9 Å². The molecule has 0 amide bonds. The average molecular weight is 228 g/mol. The lowest BCUT2D eigenvalue weighted by molar-refractivity contribution is -0.107. The highest BCUT2D eigenvalue weighted by molar-refractivity contribution is 6.30. The molecule has 0 saturated carbocycles. The van der Waals surface area contributed by atoms with Crippen LogP contribution in [0.1, 0.15) is 25.0 Å². The van der Waals surface area contributed by atoms with Crippen LogP contribution in [0.3, 0.4) is 0 Å². The molecule has 0 aromatic carbocycles. The van der Waals surface area contributed by atoms with Crippen LogP contribution in [-0.2, 0) is 4.74 Å². The lowest BCUT2D eigenvalue weighted by Crippen LogP contribution is -2.25. The Morgan fingerprint density at radius 3 is 3.00 bits per heavy atom. The second kappa shape index (κ2) is 4.81. The van der Waals surface area contributed by atoms with Crippen molar-refractivity contribution in [1.29, 1.82) is 0 Å². The van der Waals surface area contributed by atoms with Gasteiger partial charge in [0.25, 0.3) is 0 Å². The second-order valence-corrected chi connectivity index (χ2v) is 4.12. The van der Waals surface area contributed by atoms with E-state index in [0.717, 1.165) is 31.6 Å². The second-order valence-electron chi connectivity index (χ2n) is 3.68. The number of aromatic nitrogens is 1. The van der Waals surface area contributed by atoms with Crippen LogP contribution in [0.2, 0.25) is 5.02 Å². The first-order valence-corrected chi connectivity index (χ1v) is 5.54. The van der Waals surface area contributed by atoms with Gasteiger partial charge in [-0.25, -0.2) is 4.98 Å². The van der Waals surface area contributed by atoms with Gasteiger partial charge in [-0.15, -0.1) is 0 Å². The number of pyridine rings is 1. The largest absolute Gasteiger partial charge is 0.448 e. The number of nitrogens with zero attached hydrogens (tertiary/aromatic N) is 1. The zero-order valence-corrected chi connectivity index (χ0v) is 9.46. The molecule has 1 aliphatic heterocycles. The van der Waals surface area contributed by atoms with Gasteiger partial charge >= 0.3 is 0 Å². The van der Waals surface area contributed by atoms with Crippen LogP contribution in [0.15, 0.2) is 12.1 Å². The number of ether oxygens (including phenoxy) is 2. The number of halogens is 1. The van der Waals surface area contributed by atoms with Gasteiger partial charge in [-0.1, -0.05) is 11.6 Å². The third-order valence-electron chi connectivity index (χ3n) is 2.28. The van der Waals surface area contributed by atoms with Gasteiger partial charge in [0, 0.05) is 23.2 Å². The lowest BCUT2D eigenvalue weighted by atomic mass is 10.2. The van der Waals surface area contributed by atoms with Crippen molar-refractivity contribution in [3.8, 4) is 5.88 Å². The standard InChI is InChI=1S/C11H14ClNO2/c1-8-6-9(12)7-10(13-8)15-11-4-2-3-5-14-11/h6-7,11H,2-5H2,1H3/t11-/m1/s1. The smallest absolute Gasteiger partial charge is 0.217 e. The highest BCUT2D eigenvalue weighted by Gasteiger charge is 2.15. The van der Waals surface area contributed by atoms with Crippen LogP contribution >= 0.6 is 11.6 Å². The molecule has 0 N–H and O–H groups in total. The van der Waals surface area contributed by atoms with Gasteiger partial charge in [0.05, 0.1) is 6.61 Å². The van der Waals surface area contributed by atoms with Gasteiger partial charge < -0.3 is 9.47 Å². The minimum absolute atomic E-state index is 0.163. The van der Waals surface area contributed by atoms with Crippen molar-refractivity contribution in [2.75, 3.05) is 6.61 Å². The van der Waals surface area contributed by atoms with Crippen molar-refractivity contribution in [3.05, 3.63) is 22.8 Å². The van der Waals surface area contributed by atoms with E-state index < -0.39 is 0 Å². The van der Waals surface area contributed by atoms with Gasteiger partial charge in [0.2, 0.25) is 12.2 Å². The van der Waals surface area contributed by atoms with E-state index in [9.17, 15) is 0 Å². The van der Waals surface area contributed by atoms with Crippen molar-refractivity contribution in [3.63, 3.8) is 0 Å². The van der Waals surface area contributed by atoms with E-state index in [1.807, 2.05) is 6.92 Å². The summed E-state index contributed by atoms with van der Waals surface area (Å²) in [5.74, 6) is 0.548. The molecule has 15 heavy (non-hydrogen) atoms. The molecule has 0 spiro atoms. The summed E-state index contributed by atoms with van der Waals surface area (Å²) in [6.45, 7) is 2.66. The van der Waals surface area contributed by atoms with Gasteiger partial charge in [0.1, 0.15) is 0 Å². The fraction of sp³-hybridized carbons (Fsp3) is 0.545. The molecule has 2 heterocycles. The van der Waals surface area contributed by atoms with Gasteiger partial charge in [-0.2, -0.15) is 0 Å². The van der Waals surface area contributed by atoms with E-state index in [1.165, 1.54) is 0 Å². The number of hydrogen-bond acceptors (Lipinski definition) is 3. The van der Waals surface area contributed by atoms with Gasteiger partial charge in [-0.05, 0) is 25.8 Å². The topological polar surface area (TPSA) is 31.4 Å². The molecule has 3 nitrogen and oxygen atoms in total. The number of rotatable bonds is 2. The van der Waals surface area contributed by atoms with E-state index in [0.29, 0.717) is 10.9 Å². The molecule has 0 radical (unpaired) electrons. The molecule has 0 aliphatic carbocycles. The summed E-state index contributed by atoms with van der Waals surface area (Å²) in [6, 6.07) is 3.52. The van der Waals surface area contributed by atoms with Crippen LogP contribution in [0, 0.1) is 6.92 Å². The van der Waals surface area contributed by atoms with Crippen LogP contribution < -0.4 is 4.74 Å². The minimum atomic E-state index is -0.163. The predicted octanol–water partition coefficient (Wildman–Crippen LogP) is 2.95. The monoisotopic (exact) mass is 227 g/mol. The van der Waals surface area contributed by atoms with E-state index in [1.54, 1.807) is 12.1 Å². The number of aryl methyl sites for hydroxylation is 1. The van der Waals surface area contributed by atoms with Crippen LogP contribution in [0.5, 0.6) is 5.88 Å². The summed E-state index contributed by atoms with van der Waals surface area (Å²) in [4.78, 5) is 4.24. The molecule has 0 unspecified atom stereocenters. The first-order valence-electron chi connectivity index (χ1n) is 5.16. The number of hydrogen-bond donors (Lipinski definition) is 0. The molecule has 1 saturated heterocycles. The Hall–Kier alpha value is -0.800. The molecule has 1 aromatic rings. The molecule has 1 aromatic heterocycles. The Morgan fingerprint density at radius 2 is 2.33 bits per heavy atom. The molecule has 82 valence electrons. The maximum absolute atomic E-state index is 5.91. The van der Waals surface area contributed by atoms with Crippen molar-refractivity contribution in [2.45, 2.75) is 32.5 Å². The normalized spacial score (nSPS) is 21.3. The molecule has 1 fully saturated rings. The molecular weight excluding hydrogens is 214 g/mol. The van der Waals surface area contributed by atoms with E-state index in [4.69, 9.17) is 21.1 Å². The zero-order valence-electron chi connectivity index (χ0n) is 8.70.